The molecule has 0 heterocycles. The van der Waals surface area contributed by atoms with Crippen LogP contribution in [0.1, 0.15) is 290 Å². The average molecular weight is 1070 g/mol. The van der Waals surface area contributed by atoms with E-state index < -0.39 is 6.10 Å². The van der Waals surface area contributed by atoms with E-state index in [1.807, 2.05) is 0 Å². The van der Waals surface area contributed by atoms with Crippen molar-refractivity contribution in [2.24, 2.45) is 0 Å². The first-order valence-corrected chi connectivity index (χ1v) is 32.0. The van der Waals surface area contributed by atoms with Crippen LogP contribution in [0.4, 0.5) is 0 Å². The van der Waals surface area contributed by atoms with Gasteiger partial charge in [0.05, 0.1) is 0 Å². The number of unbranched alkanes of at least 4 members (excludes halogenated alkanes) is 26. The van der Waals surface area contributed by atoms with E-state index in [1.54, 1.807) is 0 Å². The number of hydrogen-bond donors (Lipinski definition) is 0. The molecule has 0 aliphatic carbocycles. The summed E-state index contributed by atoms with van der Waals surface area (Å²) in [5, 5.41) is 0. The second kappa shape index (κ2) is 64.3. The maximum absolute atomic E-state index is 12.9. The van der Waals surface area contributed by atoms with E-state index in [-0.39, 0.29) is 37.5 Å². The van der Waals surface area contributed by atoms with Crippen molar-refractivity contribution in [1.82, 2.24) is 0 Å². The quantitative estimate of drug-likeness (QED) is 0.0261. The maximum Gasteiger partial charge on any atom is 0.306 e. The number of ether oxygens (including phenoxy) is 3. The zero-order valence-electron chi connectivity index (χ0n) is 50.2. The molecule has 6 heteroatoms. The molecule has 0 saturated carbocycles. The fourth-order valence-electron chi connectivity index (χ4n) is 8.67. The molecule has 0 aliphatic rings. The van der Waals surface area contributed by atoms with Gasteiger partial charge in [-0.3, -0.25) is 14.4 Å². The van der Waals surface area contributed by atoms with Gasteiger partial charge in [-0.05, 0) is 109 Å². The van der Waals surface area contributed by atoms with Crippen LogP contribution in [0, 0.1) is 0 Å². The lowest BCUT2D eigenvalue weighted by Crippen LogP contribution is -2.30. The number of esters is 3. The minimum absolute atomic E-state index is 0.0968. The Morgan fingerprint density at radius 1 is 0.273 bits per heavy atom. The highest BCUT2D eigenvalue weighted by atomic mass is 16.6. The summed E-state index contributed by atoms with van der Waals surface area (Å²) in [6.07, 6.45) is 89.4. The molecule has 0 N–H and O–H groups in total. The van der Waals surface area contributed by atoms with Crippen molar-refractivity contribution in [1.29, 1.82) is 0 Å². The van der Waals surface area contributed by atoms with Gasteiger partial charge in [0.1, 0.15) is 13.2 Å². The third-order valence-electron chi connectivity index (χ3n) is 13.5. The molecule has 6 nitrogen and oxygen atoms in total. The Balaban J connectivity index is 4.34. The molecule has 0 amide bonds. The molecule has 0 aromatic rings. The van der Waals surface area contributed by atoms with E-state index in [0.29, 0.717) is 19.3 Å². The molecule has 0 bridgehead atoms. The Morgan fingerprint density at radius 2 is 0.519 bits per heavy atom. The molecule has 0 aliphatic heterocycles. The summed E-state index contributed by atoms with van der Waals surface area (Å²) in [5.41, 5.74) is 0. The molecule has 438 valence electrons. The van der Waals surface area contributed by atoms with Gasteiger partial charge in [-0.25, -0.2) is 0 Å². The van der Waals surface area contributed by atoms with Gasteiger partial charge in [-0.15, -0.1) is 0 Å². The van der Waals surface area contributed by atoms with E-state index in [2.05, 4.69) is 142 Å². The van der Waals surface area contributed by atoms with Gasteiger partial charge in [0.2, 0.25) is 0 Å². The summed E-state index contributed by atoms with van der Waals surface area (Å²) in [6.45, 7) is 6.47. The second-order valence-corrected chi connectivity index (χ2v) is 20.9. The minimum Gasteiger partial charge on any atom is -0.462 e. The standard InChI is InChI=1S/C71H118O6/c1-4-7-10-13-16-19-21-23-25-27-29-31-32-33-34-35-36-37-38-40-41-43-45-47-49-52-55-58-61-64-70(73)76-67-68(66-75-69(72)63-60-57-54-51-18-15-12-9-6-3)77-71(74)65-62-59-56-53-50-48-46-44-42-39-30-28-26-24-22-20-17-14-11-8-5-2/h7,10,16,19,23,25,28-31,33-34,36-37,40-41,45,47,52,55,68H,4-6,8-9,11-15,17-18,20-22,24,26-27,32,35,38-39,42-44,46,48-51,53-54,56-67H2,1-3H3/b10-7-,19-16-,25-23-,30-28-,31-29-,34-33-,37-36-,41-40-,47-45-,55-52-. The van der Waals surface area contributed by atoms with Crippen LogP contribution in [0.3, 0.4) is 0 Å². The first-order chi connectivity index (χ1) is 38.0. The summed E-state index contributed by atoms with van der Waals surface area (Å²) in [6, 6.07) is 0. The van der Waals surface area contributed by atoms with Crippen LogP contribution in [0.2, 0.25) is 0 Å². The van der Waals surface area contributed by atoms with Gasteiger partial charge >= 0.3 is 17.9 Å². The maximum atomic E-state index is 12.9. The Hall–Kier alpha value is -4.19. The molecule has 0 radical (unpaired) electrons. The zero-order valence-corrected chi connectivity index (χ0v) is 50.2. The van der Waals surface area contributed by atoms with E-state index in [4.69, 9.17) is 14.2 Å². The molecule has 0 spiro atoms. The van der Waals surface area contributed by atoms with Crippen LogP contribution in [-0.2, 0) is 28.6 Å². The molecular formula is C71H118O6. The van der Waals surface area contributed by atoms with Gasteiger partial charge in [-0.2, -0.15) is 0 Å². The number of rotatable bonds is 57. The Kier molecular flexibility index (Phi) is 60.8. The lowest BCUT2D eigenvalue weighted by atomic mass is 10.1. The summed E-state index contributed by atoms with van der Waals surface area (Å²) in [4.78, 5) is 38.2. The van der Waals surface area contributed by atoms with Crippen LogP contribution < -0.4 is 0 Å². The second-order valence-electron chi connectivity index (χ2n) is 20.9. The largest absolute Gasteiger partial charge is 0.462 e. The van der Waals surface area contributed by atoms with Gasteiger partial charge in [0.25, 0.3) is 0 Å². The third-order valence-corrected chi connectivity index (χ3v) is 13.5. The first kappa shape index (κ1) is 72.8. The highest BCUT2D eigenvalue weighted by Gasteiger charge is 2.19. The number of carbonyl (C=O) groups excluding carboxylic acids is 3. The van der Waals surface area contributed by atoms with Crippen LogP contribution in [-0.4, -0.2) is 37.2 Å². The van der Waals surface area contributed by atoms with Crippen molar-refractivity contribution >= 4 is 17.9 Å². The Morgan fingerprint density at radius 3 is 0.857 bits per heavy atom. The fraction of sp³-hybridized carbons (Fsp3) is 0.676. The number of carbonyl (C=O) groups is 3. The lowest BCUT2D eigenvalue weighted by molar-refractivity contribution is -0.167. The molecule has 1 atom stereocenters. The normalized spacial score (nSPS) is 12.9. The molecule has 0 rings (SSSR count). The SMILES string of the molecule is CC/C=C\C/C=C\C/C=C\C/C=C\C/C=C\C/C=C\C/C=C\C/C=C\C/C=C\CCCC(=O)OCC(COC(=O)CCCCCCCCCCC)OC(=O)CCCCCCCCCCC/C=C\CCCCCCCCCC. The van der Waals surface area contributed by atoms with Gasteiger partial charge in [-0.1, -0.05) is 284 Å². The minimum atomic E-state index is -0.804. The summed E-state index contributed by atoms with van der Waals surface area (Å²) in [7, 11) is 0. The first-order valence-electron chi connectivity index (χ1n) is 32.0. The van der Waals surface area contributed by atoms with Crippen molar-refractivity contribution in [3.8, 4) is 0 Å². The Bertz CT molecular complexity index is 1600. The fourth-order valence-corrected chi connectivity index (χ4v) is 8.67. The summed E-state index contributed by atoms with van der Waals surface area (Å²) >= 11 is 0. The van der Waals surface area contributed by atoms with E-state index >= 15 is 0 Å². The smallest absolute Gasteiger partial charge is 0.306 e. The highest BCUT2D eigenvalue weighted by molar-refractivity contribution is 5.71. The predicted octanol–water partition coefficient (Wildman–Crippen LogP) is 22.0. The topological polar surface area (TPSA) is 78.9 Å². The third kappa shape index (κ3) is 62.5. The summed E-state index contributed by atoms with van der Waals surface area (Å²) in [5.74, 6) is -0.960. The lowest BCUT2D eigenvalue weighted by Gasteiger charge is -2.18. The highest BCUT2D eigenvalue weighted by Crippen LogP contribution is 2.15. The van der Waals surface area contributed by atoms with Gasteiger partial charge in [0, 0.05) is 19.3 Å². The van der Waals surface area contributed by atoms with E-state index in [1.165, 1.54) is 141 Å². The molecule has 0 fully saturated rings. The molecule has 77 heavy (non-hydrogen) atoms. The van der Waals surface area contributed by atoms with Crippen LogP contribution in [0.15, 0.2) is 122 Å². The molecule has 1 unspecified atom stereocenters. The average Bonchev–Trinajstić information content (AvgIpc) is 3.43. The van der Waals surface area contributed by atoms with E-state index in [9.17, 15) is 14.4 Å². The van der Waals surface area contributed by atoms with Crippen molar-refractivity contribution in [2.45, 2.75) is 297 Å². The monoisotopic (exact) mass is 1070 g/mol. The molecule has 0 saturated heterocycles. The predicted molar refractivity (Wildman–Crippen MR) is 334 cm³/mol. The van der Waals surface area contributed by atoms with Crippen LogP contribution in [0.5, 0.6) is 0 Å². The molecule has 0 aromatic heterocycles. The van der Waals surface area contributed by atoms with Crippen LogP contribution in [0.25, 0.3) is 0 Å². The Labute approximate surface area is 475 Å². The van der Waals surface area contributed by atoms with Crippen molar-refractivity contribution < 1.29 is 28.6 Å². The molecule has 0 aromatic carbocycles. The van der Waals surface area contributed by atoms with Gasteiger partial charge in [0.15, 0.2) is 6.10 Å². The van der Waals surface area contributed by atoms with Crippen LogP contribution >= 0.6 is 0 Å². The van der Waals surface area contributed by atoms with Crippen molar-refractivity contribution in [3.05, 3.63) is 122 Å². The van der Waals surface area contributed by atoms with Gasteiger partial charge < -0.3 is 14.2 Å². The summed E-state index contributed by atoms with van der Waals surface area (Å²) < 4.78 is 16.8. The molecular weight excluding hydrogens is 949 g/mol. The van der Waals surface area contributed by atoms with Crippen molar-refractivity contribution in [2.75, 3.05) is 13.2 Å². The number of allylic oxidation sites excluding steroid dienone is 20. The van der Waals surface area contributed by atoms with Crippen molar-refractivity contribution in [3.63, 3.8) is 0 Å². The zero-order chi connectivity index (χ0) is 55.7. The van der Waals surface area contributed by atoms with E-state index in [0.717, 1.165) is 103 Å². The number of hydrogen-bond acceptors (Lipinski definition) is 6.